The van der Waals surface area contributed by atoms with Crippen molar-refractivity contribution in [3.63, 3.8) is 0 Å². The third-order valence-electron chi connectivity index (χ3n) is 4.75. The molecule has 0 saturated carbocycles. The molecule has 1 heterocycles. The van der Waals surface area contributed by atoms with Crippen molar-refractivity contribution in [1.29, 1.82) is 0 Å². The van der Waals surface area contributed by atoms with Gasteiger partial charge in [0.1, 0.15) is 17.9 Å². The predicted molar refractivity (Wildman–Crippen MR) is 112 cm³/mol. The monoisotopic (exact) mass is 405 g/mol. The number of aromatic nitrogens is 1. The lowest BCUT2D eigenvalue weighted by Crippen LogP contribution is -2.16. The quantitative estimate of drug-likeness (QED) is 0.442. The van der Waals surface area contributed by atoms with Crippen molar-refractivity contribution in [3.8, 4) is 5.75 Å². The van der Waals surface area contributed by atoms with Gasteiger partial charge in [-0.1, -0.05) is 42.5 Å². The zero-order chi connectivity index (χ0) is 21.7. The number of aryl methyl sites for hydroxylation is 1. The summed E-state index contributed by atoms with van der Waals surface area (Å²) in [4.78, 5) is 39.8. The molecule has 30 heavy (non-hydrogen) atoms. The summed E-state index contributed by atoms with van der Waals surface area (Å²) >= 11 is 0. The van der Waals surface area contributed by atoms with Gasteiger partial charge in [0.15, 0.2) is 12.4 Å². The second kappa shape index (κ2) is 9.22. The Bertz CT molecular complexity index is 1080. The minimum absolute atomic E-state index is 0.123. The van der Waals surface area contributed by atoms with Crippen LogP contribution in [0, 0.1) is 13.8 Å². The number of hydrogen-bond donors (Lipinski definition) is 1. The first-order chi connectivity index (χ1) is 14.4. The second-order valence-electron chi connectivity index (χ2n) is 6.95. The van der Waals surface area contributed by atoms with Gasteiger partial charge in [0, 0.05) is 11.3 Å². The fraction of sp³-hybridized carbons (Fsp3) is 0.208. The zero-order valence-electron chi connectivity index (χ0n) is 17.2. The molecular weight excluding hydrogens is 382 g/mol. The Kier molecular flexibility index (Phi) is 6.47. The van der Waals surface area contributed by atoms with Crippen LogP contribution in [-0.4, -0.2) is 29.1 Å². The highest BCUT2D eigenvalue weighted by molar-refractivity contribution is 6.04. The van der Waals surface area contributed by atoms with Gasteiger partial charge in [-0.15, -0.1) is 0 Å². The van der Waals surface area contributed by atoms with Crippen LogP contribution in [0.4, 0.5) is 0 Å². The van der Waals surface area contributed by atoms with Crippen LogP contribution in [0.5, 0.6) is 5.75 Å². The second-order valence-corrected chi connectivity index (χ2v) is 6.95. The number of carbonyl (C=O) groups excluding carboxylic acids is 3. The van der Waals surface area contributed by atoms with E-state index in [-0.39, 0.29) is 17.0 Å². The van der Waals surface area contributed by atoms with Gasteiger partial charge >= 0.3 is 5.97 Å². The van der Waals surface area contributed by atoms with E-state index in [2.05, 4.69) is 4.98 Å². The molecular formula is C24H23NO5. The molecule has 0 aliphatic heterocycles. The largest absolute Gasteiger partial charge is 0.488 e. The Hall–Kier alpha value is -3.67. The molecule has 0 saturated heterocycles. The summed E-state index contributed by atoms with van der Waals surface area (Å²) < 4.78 is 11.0. The maximum atomic E-state index is 12.6. The van der Waals surface area contributed by atoms with Crippen LogP contribution in [0.25, 0.3) is 0 Å². The first-order valence-corrected chi connectivity index (χ1v) is 9.54. The van der Waals surface area contributed by atoms with E-state index in [0.29, 0.717) is 29.2 Å². The molecule has 154 valence electrons. The molecule has 3 rings (SSSR count). The number of benzene rings is 2. The molecule has 0 fully saturated rings. The molecule has 0 aliphatic rings. The van der Waals surface area contributed by atoms with E-state index in [9.17, 15) is 14.4 Å². The average molecular weight is 405 g/mol. The fourth-order valence-corrected chi connectivity index (χ4v) is 3.33. The van der Waals surface area contributed by atoms with E-state index in [1.807, 2.05) is 30.3 Å². The van der Waals surface area contributed by atoms with E-state index in [4.69, 9.17) is 9.47 Å². The summed E-state index contributed by atoms with van der Waals surface area (Å²) in [6.07, 6.45) is 0. The number of rotatable bonds is 8. The summed E-state index contributed by atoms with van der Waals surface area (Å²) in [7, 11) is 0. The molecule has 1 N–H and O–H groups in total. The first-order valence-electron chi connectivity index (χ1n) is 9.54. The topological polar surface area (TPSA) is 85.5 Å². The number of para-hydroxylation sites is 1. The van der Waals surface area contributed by atoms with Gasteiger partial charge in [-0.2, -0.15) is 0 Å². The van der Waals surface area contributed by atoms with Crippen LogP contribution in [-0.2, 0) is 11.3 Å². The number of carbonyl (C=O) groups is 3. The van der Waals surface area contributed by atoms with Gasteiger partial charge in [-0.3, -0.25) is 9.59 Å². The van der Waals surface area contributed by atoms with Gasteiger partial charge in [0.2, 0.25) is 5.78 Å². The molecule has 1 aromatic heterocycles. The predicted octanol–water partition coefficient (Wildman–Crippen LogP) is 4.45. The molecule has 3 aromatic rings. The van der Waals surface area contributed by atoms with Gasteiger partial charge in [-0.05, 0) is 44.0 Å². The lowest BCUT2D eigenvalue weighted by molar-refractivity contribution is 0.0469. The maximum Gasteiger partial charge on any atom is 0.342 e. The number of aromatic amines is 1. The Morgan fingerprint density at radius 3 is 2.27 bits per heavy atom. The molecule has 0 unspecified atom stereocenters. The lowest BCUT2D eigenvalue weighted by atomic mass is 10.1. The molecule has 0 radical (unpaired) electrons. The summed E-state index contributed by atoms with van der Waals surface area (Å²) in [5.74, 6) is -0.801. The molecule has 0 atom stereocenters. The van der Waals surface area contributed by atoms with E-state index in [1.165, 1.54) is 6.92 Å². The summed E-state index contributed by atoms with van der Waals surface area (Å²) in [5.41, 5.74) is 3.16. The smallest absolute Gasteiger partial charge is 0.342 e. The average Bonchev–Trinajstić information content (AvgIpc) is 3.05. The SMILES string of the molecule is CC(=O)c1c(C)[nH]c(C(=O)COC(=O)c2ccccc2OCc2ccccc2)c1C. The van der Waals surface area contributed by atoms with Gasteiger partial charge in [-0.25, -0.2) is 4.79 Å². The summed E-state index contributed by atoms with van der Waals surface area (Å²) in [6, 6.07) is 16.3. The van der Waals surface area contributed by atoms with Crippen molar-refractivity contribution in [2.45, 2.75) is 27.4 Å². The van der Waals surface area contributed by atoms with Crippen molar-refractivity contribution in [3.05, 3.63) is 88.2 Å². The van der Waals surface area contributed by atoms with Crippen LogP contribution in [0.1, 0.15) is 54.9 Å². The maximum absolute atomic E-state index is 12.6. The van der Waals surface area contributed by atoms with Gasteiger partial charge in [0.05, 0.1) is 5.69 Å². The highest BCUT2D eigenvalue weighted by Gasteiger charge is 2.22. The number of ketones is 2. The molecule has 2 aromatic carbocycles. The molecule has 6 nitrogen and oxygen atoms in total. The van der Waals surface area contributed by atoms with E-state index < -0.39 is 18.4 Å². The number of nitrogens with one attached hydrogen (secondary N) is 1. The summed E-state index contributed by atoms with van der Waals surface area (Å²) in [5, 5.41) is 0. The van der Waals surface area contributed by atoms with Crippen molar-refractivity contribution < 1.29 is 23.9 Å². The van der Waals surface area contributed by atoms with Gasteiger partial charge in [0.25, 0.3) is 0 Å². The minimum Gasteiger partial charge on any atom is -0.488 e. The minimum atomic E-state index is -0.653. The van der Waals surface area contributed by atoms with E-state index in [0.717, 1.165) is 5.56 Å². The van der Waals surface area contributed by atoms with Crippen LogP contribution in [0.2, 0.25) is 0 Å². The Labute approximate surface area is 174 Å². The molecule has 6 heteroatoms. The number of hydrogen-bond acceptors (Lipinski definition) is 5. The third-order valence-corrected chi connectivity index (χ3v) is 4.75. The highest BCUT2D eigenvalue weighted by atomic mass is 16.5. The number of H-pyrrole nitrogens is 1. The van der Waals surface area contributed by atoms with Crippen LogP contribution in [0.3, 0.4) is 0 Å². The van der Waals surface area contributed by atoms with Crippen molar-refractivity contribution in [2.75, 3.05) is 6.61 Å². The van der Waals surface area contributed by atoms with Crippen molar-refractivity contribution >= 4 is 17.5 Å². The first kappa shape index (κ1) is 21.0. The van der Waals surface area contributed by atoms with Crippen LogP contribution < -0.4 is 4.74 Å². The number of Topliss-reactive ketones (excluding diaryl/α,β-unsaturated/α-hetero) is 2. The van der Waals surface area contributed by atoms with Crippen molar-refractivity contribution in [1.82, 2.24) is 4.98 Å². The van der Waals surface area contributed by atoms with Crippen molar-refractivity contribution in [2.24, 2.45) is 0 Å². The van der Waals surface area contributed by atoms with Crippen LogP contribution >= 0.6 is 0 Å². The molecule has 0 aliphatic carbocycles. The summed E-state index contributed by atoms with van der Waals surface area (Å²) in [6.45, 7) is 4.74. The normalized spacial score (nSPS) is 10.5. The Morgan fingerprint density at radius 1 is 0.933 bits per heavy atom. The van der Waals surface area contributed by atoms with E-state index in [1.54, 1.807) is 38.1 Å². The Balaban J connectivity index is 1.67. The zero-order valence-corrected chi connectivity index (χ0v) is 17.2. The third kappa shape index (κ3) is 4.66. The molecule has 0 bridgehead atoms. The number of ether oxygens (including phenoxy) is 2. The van der Waals surface area contributed by atoms with Crippen LogP contribution in [0.15, 0.2) is 54.6 Å². The van der Waals surface area contributed by atoms with E-state index >= 15 is 0 Å². The lowest BCUT2D eigenvalue weighted by Gasteiger charge is -2.11. The number of esters is 1. The van der Waals surface area contributed by atoms with Gasteiger partial charge < -0.3 is 14.5 Å². The molecule has 0 amide bonds. The Morgan fingerprint density at radius 2 is 1.60 bits per heavy atom. The highest BCUT2D eigenvalue weighted by Crippen LogP contribution is 2.22. The standard InChI is InChI=1S/C24H23NO5/c1-15-22(17(3)26)16(2)25-23(15)20(27)14-30-24(28)19-11-7-8-12-21(19)29-13-18-9-5-4-6-10-18/h4-12,25H,13-14H2,1-3H3. The fourth-order valence-electron chi connectivity index (χ4n) is 3.33. The molecule has 0 spiro atoms.